The molecule has 1 fully saturated rings. The highest BCUT2D eigenvalue weighted by molar-refractivity contribution is 7.87. The molecule has 10 heavy (non-hydrogen) atoms. The molecule has 2 atom stereocenters. The van der Waals surface area contributed by atoms with E-state index in [-0.39, 0.29) is 15.4 Å². The molecule has 0 saturated carbocycles. The van der Waals surface area contributed by atoms with E-state index in [1.54, 1.807) is 0 Å². The van der Waals surface area contributed by atoms with Crippen LogP contribution in [0.5, 0.6) is 0 Å². The summed E-state index contributed by atoms with van der Waals surface area (Å²) >= 11 is 0. The Labute approximate surface area is 65.1 Å². The van der Waals surface area contributed by atoms with Gasteiger partial charge in [-0.25, -0.2) is 0 Å². The molecule has 0 spiro atoms. The van der Waals surface area contributed by atoms with Crippen LogP contribution in [0.25, 0.3) is 0 Å². The first-order chi connectivity index (χ1) is 4.59. The summed E-state index contributed by atoms with van der Waals surface area (Å²) in [5, 5.41) is 0. The van der Waals surface area contributed by atoms with Crippen LogP contribution in [0.15, 0.2) is 0 Å². The maximum atomic E-state index is 7.74. The maximum absolute atomic E-state index is 7.74. The molecule has 0 aromatic heterocycles. The smallest absolute Gasteiger partial charge is 0.0249 e. The van der Waals surface area contributed by atoms with Crippen molar-refractivity contribution in [1.82, 2.24) is 0 Å². The van der Waals surface area contributed by atoms with Crippen LogP contribution in [0.3, 0.4) is 0 Å². The molecule has 60 valence electrons. The van der Waals surface area contributed by atoms with Crippen molar-refractivity contribution in [3.8, 4) is 0 Å². The highest BCUT2D eigenvalue weighted by Crippen LogP contribution is 2.33. The normalized spacial score (nSPS) is 38.3. The van der Waals surface area contributed by atoms with Gasteiger partial charge < -0.3 is 5.73 Å². The van der Waals surface area contributed by atoms with Crippen LogP contribution in [0.1, 0.15) is 20.3 Å². The zero-order valence-electron chi connectivity index (χ0n) is 6.68. The average molecular weight is 160 g/mol. The minimum Gasteiger partial charge on any atom is -0.330 e. The van der Waals surface area contributed by atoms with Gasteiger partial charge in [-0.2, -0.15) is 0 Å². The number of nitrogens with one attached hydrogen (secondary N) is 1. The van der Waals surface area contributed by atoms with Gasteiger partial charge in [0, 0.05) is 10.5 Å². The number of hydrogen-bond acceptors (Lipinski definition) is 2. The Bertz CT molecular complexity index is 154. The van der Waals surface area contributed by atoms with Crippen LogP contribution in [-0.2, 0) is 10.7 Å². The topological polar surface area (TPSA) is 49.9 Å². The van der Waals surface area contributed by atoms with Crippen molar-refractivity contribution in [2.75, 3.05) is 12.3 Å². The van der Waals surface area contributed by atoms with E-state index >= 15 is 0 Å². The lowest BCUT2D eigenvalue weighted by Gasteiger charge is -2.25. The molecule has 0 aromatic carbocycles. The van der Waals surface area contributed by atoms with Gasteiger partial charge in [-0.05, 0) is 32.7 Å². The van der Waals surface area contributed by atoms with E-state index < -0.39 is 0 Å². The van der Waals surface area contributed by atoms with Crippen LogP contribution in [-0.4, -0.2) is 17.0 Å². The minimum absolute atomic E-state index is 0.143. The lowest BCUT2D eigenvalue weighted by Crippen LogP contribution is -2.33. The molecule has 1 saturated heterocycles. The summed E-state index contributed by atoms with van der Waals surface area (Å²) in [6.07, 6.45) is 1.16. The fourth-order valence-corrected chi connectivity index (χ4v) is 3.14. The maximum Gasteiger partial charge on any atom is 0.0249 e. The predicted molar refractivity (Wildman–Crippen MR) is 46.2 cm³/mol. The number of hydrogen-bond donors (Lipinski definition) is 2. The highest BCUT2D eigenvalue weighted by Gasteiger charge is 2.37. The Balaban J connectivity index is 2.73. The first-order valence-corrected chi connectivity index (χ1v) is 5.10. The predicted octanol–water partition coefficient (Wildman–Crippen LogP) is 1.12. The van der Waals surface area contributed by atoms with Crippen molar-refractivity contribution < 1.29 is 0 Å². The van der Waals surface area contributed by atoms with Gasteiger partial charge in [0.05, 0.1) is 0 Å². The Morgan fingerprint density at radius 1 is 1.70 bits per heavy atom. The van der Waals surface area contributed by atoms with Gasteiger partial charge in [-0.3, -0.25) is 4.78 Å². The van der Waals surface area contributed by atoms with Crippen molar-refractivity contribution >= 4 is 10.7 Å². The summed E-state index contributed by atoms with van der Waals surface area (Å²) in [4.78, 5) is 0. The summed E-state index contributed by atoms with van der Waals surface area (Å²) in [7, 11) is -0.143. The molecular weight excluding hydrogens is 144 g/mol. The quantitative estimate of drug-likeness (QED) is 0.593. The molecule has 0 aromatic rings. The second kappa shape index (κ2) is 2.62. The van der Waals surface area contributed by atoms with Gasteiger partial charge in [-0.1, -0.05) is 10.7 Å². The standard InChI is InChI=1S/C7H16N2S/c1-7(2)6(5-8)3-4-10(7)9/h6,9H,3-5,8H2,1-2H3. The van der Waals surface area contributed by atoms with Crippen LogP contribution in [0.4, 0.5) is 0 Å². The van der Waals surface area contributed by atoms with E-state index in [9.17, 15) is 0 Å². The third-order valence-corrected chi connectivity index (χ3v) is 4.82. The fourth-order valence-electron chi connectivity index (χ4n) is 1.47. The van der Waals surface area contributed by atoms with Crippen LogP contribution in [0.2, 0.25) is 0 Å². The second-order valence-corrected chi connectivity index (χ2v) is 5.66. The average Bonchev–Trinajstić information content (AvgIpc) is 2.10. The first-order valence-electron chi connectivity index (χ1n) is 3.71. The highest BCUT2D eigenvalue weighted by atomic mass is 32.2. The van der Waals surface area contributed by atoms with E-state index in [0.29, 0.717) is 5.92 Å². The van der Waals surface area contributed by atoms with Crippen LogP contribution >= 0.6 is 0 Å². The molecule has 0 radical (unpaired) electrons. The van der Waals surface area contributed by atoms with Gasteiger partial charge in [0.15, 0.2) is 0 Å². The number of rotatable bonds is 1. The molecule has 0 amide bonds. The molecule has 0 bridgehead atoms. The molecule has 3 heteroatoms. The van der Waals surface area contributed by atoms with Crippen LogP contribution < -0.4 is 5.73 Å². The summed E-state index contributed by atoms with van der Waals surface area (Å²) in [5.74, 6) is 1.66. The molecule has 2 unspecified atom stereocenters. The number of nitrogens with two attached hydrogens (primary N) is 1. The molecule has 1 aliphatic heterocycles. The SMILES string of the molecule is CC1(C)C(CN)CCS1=N. The molecule has 1 rings (SSSR count). The zero-order chi connectivity index (χ0) is 7.78. The summed E-state index contributed by atoms with van der Waals surface area (Å²) < 4.78 is 7.93. The minimum atomic E-state index is -0.143. The van der Waals surface area contributed by atoms with E-state index in [1.165, 1.54) is 0 Å². The summed E-state index contributed by atoms with van der Waals surface area (Å²) in [5.41, 5.74) is 5.59. The zero-order valence-corrected chi connectivity index (χ0v) is 7.50. The van der Waals surface area contributed by atoms with E-state index in [0.717, 1.165) is 18.7 Å². The molecule has 2 nitrogen and oxygen atoms in total. The molecule has 1 aliphatic rings. The second-order valence-electron chi connectivity index (χ2n) is 3.42. The Morgan fingerprint density at radius 2 is 2.30 bits per heavy atom. The van der Waals surface area contributed by atoms with Gasteiger partial charge in [0.2, 0.25) is 0 Å². The third kappa shape index (κ3) is 1.12. The van der Waals surface area contributed by atoms with Crippen molar-refractivity contribution in [1.29, 1.82) is 4.78 Å². The first kappa shape index (κ1) is 8.21. The Hall–Kier alpha value is 0.110. The van der Waals surface area contributed by atoms with Crippen molar-refractivity contribution in [2.45, 2.75) is 25.0 Å². The Kier molecular flexibility index (Phi) is 2.15. The lowest BCUT2D eigenvalue weighted by molar-refractivity contribution is 0.445. The Morgan fingerprint density at radius 3 is 2.50 bits per heavy atom. The molecule has 3 N–H and O–H groups in total. The van der Waals surface area contributed by atoms with Gasteiger partial charge in [0.25, 0.3) is 0 Å². The van der Waals surface area contributed by atoms with Crippen molar-refractivity contribution in [3.63, 3.8) is 0 Å². The monoisotopic (exact) mass is 160 g/mol. The van der Waals surface area contributed by atoms with Gasteiger partial charge in [-0.15, -0.1) is 0 Å². The summed E-state index contributed by atoms with van der Waals surface area (Å²) in [6, 6.07) is 0. The molecule has 0 aliphatic carbocycles. The van der Waals surface area contributed by atoms with E-state index in [1.807, 2.05) is 0 Å². The summed E-state index contributed by atoms with van der Waals surface area (Å²) in [6.45, 7) is 5.11. The van der Waals surface area contributed by atoms with E-state index in [4.69, 9.17) is 10.5 Å². The van der Waals surface area contributed by atoms with Crippen molar-refractivity contribution in [3.05, 3.63) is 0 Å². The molecular formula is C7H16N2S. The fraction of sp³-hybridized carbons (Fsp3) is 1.00. The van der Waals surface area contributed by atoms with Gasteiger partial charge >= 0.3 is 0 Å². The van der Waals surface area contributed by atoms with E-state index in [2.05, 4.69) is 13.8 Å². The third-order valence-electron chi connectivity index (χ3n) is 2.57. The van der Waals surface area contributed by atoms with Gasteiger partial charge in [0.1, 0.15) is 0 Å². The largest absolute Gasteiger partial charge is 0.330 e. The lowest BCUT2D eigenvalue weighted by atomic mass is 9.93. The van der Waals surface area contributed by atoms with Crippen molar-refractivity contribution in [2.24, 2.45) is 11.7 Å². The van der Waals surface area contributed by atoms with Crippen LogP contribution in [0, 0.1) is 10.7 Å². The molecule has 1 heterocycles.